The van der Waals surface area contributed by atoms with Gasteiger partial charge in [-0.05, 0) is 93.6 Å². The highest BCUT2D eigenvalue weighted by Gasteiger charge is 2.32. The normalized spacial score (nSPS) is 21.0. The van der Waals surface area contributed by atoms with E-state index in [0.29, 0.717) is 24.8 Å². The minimum absolute atomic E-state index is 0.293. The van der Waals surface area contributed by atoms with Crippen molar-refractivity contribution in [2.45, 2.75) is 57.5 Å². The first-order chi connectivity index (χ1) is 15.8. The average Bonchev–Trinajstić information content (AvgIpc) is 3.20. The van der Waals surface area contributed by atoms with Crippen molar-refractivity contribution in [1.29, 1.82) is 0 Å². The van der Waals surface area contributed by atoms with Gasteiger partial charge in [0, 0.05) is 24.0 Å². The second-order valence-corrected chi connectivity index (χ2v) is 8.67. The largest absolute Gasteiger partial charge is 0.573 e. The Morgan fingerprint density at radius 3 is 2.52 bits per heavy atom. The lowest BCUT2D eigenvalue weighted by Crippen LogP contribution is -2.36. The van der Waals surface area contributed by atoms with Gasteiger partial charge in [-0.2, -0.15) is 0 Å². The number of hydrogen-bond acceptors (Lipinski definition) is 5. The van der Waals surface area contributed by atoms with E-state index in [1.54, 1.807) is 0 Å². The molecule has 0 N–H and O–H groups in total. The molecule has 0 aliphatic carbocycles. The first-order valence-electron chi connectivity index (χ1n) is 11.4. The Labute approximate surface area is 192 Å². The van der Waals surface area contributed by atoms with Gasteiger partial charge in [0.2, 0.25) is 0 Å². The number of carbonyl (C=O) groups is 1. The molecule has 0 bridgehead atoms. The molecule has 0 saturated carbocycles. The van der Waals surface area contributed by atoms with E-state index < -0.39 is 6.36 Å². The average molecular weight is 463 g/mol. The van der Waals surface area contributed by atoms with E-state index in [2.05, 4.69) is 16.6 Å². The van der Waals surface area contributed by atoms with E-state index in [1.165, 1.54) is 37.1 Å². The van der Waals surface area contributed by atoms with E-state index in [4.69, 9.17) is 4.74 Å². The standard InChI is InChI=1S/C25H29F3N2O3/c1-18-4-2-13-29(18)14-3-15-32-23-11-12-24-19(16-23)5-6-21(17-31)30(24)20-7-9-22(10-8-20)33-25(26,27)28/h7-12,16-18,21H,2-6,13-15H2,1H3/t18-,21?/m1/s1. The molecule has 1 unspecified atom stereocenters. The van der Waals surface area contributed by atoms with Crippen LogP contribution in [0.15, 0.2) is 42.5 Å². The number of nitrogens with zero attached hydrogens (tertiary/aromatic N) is 2. The number of fused-ring (bicyclic) bond motifs is 1. The summed E-state index contributed by atoms with van der Waals surface area (Å²) in [6.07, 6.45) is 0.986. The first kappa shape index (κ1) is 23.4. The van der Waals surface area contributed by atoms with Gasteiger partial charge >= 0.3 is 6.36 Å². The van der Waals surface area contributed by atoms with Gasteiger partial charge in [0.25, 0.3) is 0 Å². The van der Waals surface area contributed by atoms with Gasteiger partial charge in [-0.15, -0.1) is 13.2 Å². The lowest BCUT2D eigenvalue weighted by Gasteiger charge is -2.36. The molecule has 2 aromatic rings. The molecule has 8 heteroatoms. The van der Waals surface area contributed by atoms with Crippen LogP contribution < -0.4 is 14.4 Å². The molecule has 2 atom stereocenters. The van der Waals surface area contributed by atoms with Gasteiger partial charge in [0.1, 0.15) is 17.8 Å². The number of ether oxygens (including phenoxy) is 2. The van der Waals surface area contributed by atoms with E-state index in [9.17, 15) is 18.0 Å². The smallest absolute Gasteiger partial charge is 0.494 e. The Balaban J connectivity index is 1.44. The number of alkyl halides is 3. The summed E-state index contributed by atoms with van der Waals surface area (Å²) in [6, 6.07) is 11.7. The molecule has 0 spiro atoms. The fourth-order valence-electron chi connectivity index (χ4n) is 4.75. The second kappa shape index (κ2) is 10.0. The SMILES string of the molecule is C[C@@H]1CCCN1CCCOc1ccc2c(c1)CCC(C=O)N2c1ccc(OC(F)(F)F)cc1. The van der Waals surface area contributed by atoms with Crippen LogP contribution >= 0.6 is 0 Å². The molecular formula is C25H29F3N2O3. The molecule has 33 heavy (non-hydrogen) atoms. The zero-order valence-corrected chi connectivity index (χ0v) is 18.7. The molecule has 0 amide bonds. The molecule has 2 aromatic carbocycles. The van der Waals surface area contributed by atoms with Crippen LogP contribution in [0.1, 0.15) is 38.2 Å². The topological polar surface area (TPSA) is 42.0 Å². The highest BCUT2D eigenvalue weighted by Crippen LogP contribution is 2.39. The summed E-state index contributed by atoms with van der Waals surface area (Å²) >= 11 is 0. The van der Waals surface area contributed by atoms with E-state index >= 15 is 0 Å². The predicted molar refractivity (Wildman–Crippen MR) is 120 cm³/mol. The van der Waals surface area contributed by atoms with Gasteiger partial charge in [-0.1, -0.05) is 0 Å². The lowest BCUT2D eigenvalue weighted by molar-refractivity contribution is -0.274. The van der Waals surface area contributed by atoms with Crippen LogP contribution in [0.3, 0.4) is 0 Å². The van der Waals surface area contributed by atoms with Crippen molar-refractivity contribution in [2.75, 3.05) is 24.6 Å². The van der Waals surface area contributed by atoms with Crippen molar-refractivity contribution >= 4 is 17.7 Å². The molecular weight excluding hydrogens is 433 g/mol. The molecule has 5 nitrogen and oxygen atoms in total. The highest BCUT2D eigenvalue weighted by atomic mass is 19.4. The predicted octanol–water partition coefficient (Wildman–Crippen LogP) is 5.49. The molecule has 2 aliphatic heterocycles. The molecule has 0 radical (unpaired) electrons. The van der Waals surface area contributed by atoms with Crippen molar-refractivity contribution in [3.05, 3.63) is 48.0 Å². The minimum Gasteiger partial charge on any atom is -0.494 e. The van der Waals surface area contributed by atoms with Gasteiger partial charge in [0.05, 0.1) is 12.6 Å². The van der Waals surface area contributed by atoms with Crippen LogP contribution in [-0.2, 0) is 11.2 Å². The summed E-state index contributed by atoms with van der Waals surface area (Å²) in [6.45, 7) is 5.11. The maximum atomic E-state index is 12.5. The maximum absolute atomic E-state index is 12.5. The summed E-state index contributed by atoms with van der Waals surface area (Å²) in [7, 11) is 0. The third kappa shape index (κ3) is 5.79. The minimum atomic E-state index is -4.74. The summed E-state index contributed by atoms with van der Waals surface area (Å²) in [5.41, 5.74) is 2.55. The number of hydrogen-bond donors (Lipinski definition) is 0. The Kier molecular flexibility index (Phi) is 7.12. The Hall–Kier alpha value is -2.74. The van der Waals surface area contributed by atoms with E-state index in [0.717, 1.165) is 49.2 Å². The zero-order valence-electron chi connectivity index (χ0n) is 18.7. The van der Waals surface area contributed by atoms with E-state index in [-0.39, 0.29) is 11.8 Å². The van der Waals surface area contributed by atoms with E-state index in [1.807, 2.05) is 23.1 Å². The first-order valence-corrected chi connectivity index (χ1v) is 11.4. The molecule has 2 aliphatic rings. The fraction of sp³-hybridized carbons (Fsp3) is 0.480. The van der Waals surface area contributed by atoms with Crippen LogP contribution in [0, 0.1) is 0 Å². The monoisotopic (exact) mass is 462 g/mol. The number of anilines is 2. The van der Waals surface area contributed by atoms with Crippen molar-refractivity contribution in [2.24, 2.45) is 0 Å². The number of halogens is 3. The number of likely N-dealkylation sites (tertiary alicyclic amines) is 1. The van der Waals surface area contributed by atoms with Gasteiger partial charge < -0.3 is 24.1 Å². The van der Waals surface area contributed by atoms with Crippen molar-refractivity contribution in [3.63, 3.8) is 0 Å². The van der Waals surface area contributed by atoms with Crippen molar-refractivity contribution in [1.82, 2.24) is 4.90 Å². The summed E-state index contributed by atoms with van der Waals surface area (Å²) < 4.78 is 47.3. The van der Waals surface area contributed by atoms with Gasteiger partial charge in [0.15, 0.2) is 0 Å². The maximum Gasteiger partial charge on any atom is 0.573 e. The summed E-state index contributed by atoms with van der Waals surface area (Å²) in [4.78, 5) is 16.1. The van der Waals surface area contributed by atoms with Crippen LogP contribution in [0.25, 0.3) is 0 Å². The molecule has 1 saturated heterocycles. The van der Waals surface area contributed by atoms with Crippen LogP contribution in [0.4, 0.5) is 24.5 Å². The van der Waals surface area contributed by atoms with Gasteiger partial charge in [-0.3, -0.25) is 0 Å². The molecule has 2 heterocycles. The Morgan fingerprint density at radius 1 is 1.09 bits per heavy atom. The lowest BCUT2D eigenvalue weighted by atomic mass is 9.95. The number of aryl methyl sites for hydroxylation is 1. The fourth-order valence-corrected chi connectivity index (χ4v) is 4.75. The van der Waals surface area contributed by atoms with Crippen LogP contribution in [0.5, 0.6) is 11.5 Å². The van der Waals surface area contributed by atoms with Crippen LogP contribution in [0.2, 0.25) is 0 Å². The Bertz CT molecular complexity index is 949. The third-order valence-electron chi connectivity index (χ3n) is 6.41. The molecule has 0 aromatic heterocycles. The number of carbonyl (C=O) groups excluding carboxylic acids is 1. The summed E-state index contributed by atoms with van der Waals surface area (Å²) in [5, 5.41) is 0. The third-order valence-corrected chi connectivity index (χ3v) is 6.41. The Morgan fingerprint density at radius 2 is 1.85 bits per heavy atom. The number of aldehydes is 1. The number of benzene rings is 2. The van der Waals surface area contributed by atoms with Gasteiger partial charge in [-0.25, -0.2) is 0 Å². The number of rotatable bonds is 8. The quantitative estimate of drug-likeness (QED) is 0.383. The second-order valence-electron chi connectivity index (χ2n) is 8.67. The van der Waals surface area contributed by atoms with Crippen LogP contribution in [-0.4, -0.2) is 49.3 Å². The molecule has 4 rings (SSSR count). The van der Waals surface area contributed by atoms with Crippen molar-refractivity contribution in [3.8, 4) is 11.5 Å². The molecule has 1 fully saturated rings. The zero-order chi connectivity index (χ0) is 23.4. The summed E-state index contributed by atoms with van der Waals surface area (Å²) in [5.74, 6) is 0.500. The van der Waals surface area contributed by atoms with Crippen molar-refractivity contribution < 1.29 is 27.4 Å². The highest BCUT2D eigenvalue weighted by molar-refractivity contribution is 5.78. The molecule has 178 valence electrons.